The van der Waals surface area contributed by atoms with Gasteiger partial charge in [-0.3, -0.25) is 5.10 Å². The Morgan fingerprint density at radius 3 is 3.00 bits per heavy atom. The van der Waals surface area contributed by atoms with Gasteiger partial charge in [-0.1, -0.05) is 0 Å². The van der Waals surface area contributed by atoms with E-state index < -0.39 is 6.10 Å². The molecule has 14 heavy (non-hydrogen) atoms. The lowest BCUT2D eigenvalue weighted by molar-refractivity contribution is 0.164. The maximum absolute atomic E-state index is 9.80. The first-order valence-electron chi connectivity index (χ1n) is 5.27. The smallest absolute Gasteiger partial charge is 0.0993 e. The van der Waals surface area contributed by atoms with Crippen LogP contribution in [0.4, 0.5) is 0 Å². The van der Waals surface area contributed by atoms with Crippen LogP contribution in [0.25, 0.3) is 0 Å². The van der Waals surface area contributed by atoms with E-state index in [2.05, 4.69) is 10.2 Å². The second-order valence-electron chi connectivity index (χ2n) is 3.87. The maximum Gasteiger partial charge on any atom is 0.0993 e. The normalized spacial score (nSPS) is 17.9. The van der Waals surface area contributed by atoms with E-state index >= 15 is 0 Å². The van der Waals surface area contributed by atoms with Gasteiger partial charge < -0.3 is 10.8 Å². The standard InChI is InChI=1S/C10H17N3O/c11-6-5-9(14)10-7-3-1-2-4-8(7)12-13-10/h9,14H,1-6,11H2,(H,12,13). The van der Waals surface area contributed by atoms with Crippen molar-refractivity contribution in [2.24, 2.45) is 5.73 Å². The van der Waals surface area contributed by atoms with Gasteiger partial charge in [0.05, 0.1) is 11.8 Å². The quantitative estimate of drug-likeness (QED) is 0.663. The van der Waals surface area contributed by atoms with Crippen LogP contribution in [-0.4, -0.2) is 21.8 Å². The van der Waals surface area contributed by atoms with Crippen molar-refractivity contribution in [3.8, 4) is 0 Å². The van der Waals surface area contributed by atoms with Crippen molar-refractivity contribution >= 4 is 0 Å². The van der Waals surface area contributed by atoms with Crippen LogP contribution in [0, 0.1) is 0 Å². The van der Waals surface area contributed by atoms with Crippen LogP contribution in [0.3, 0.4) is 0 Å². The molecule has 0 fully saturated rings. The largest absolute Gasteiger partial charge is 0.387 e. The minimum absolute atomic E-state index is 0.488. The van der Waals surface area contributed by atoms with E-state index in [0.717, 1.165) is 18.5 Å². The minimum atomic E-state index is -0.488. The van der Waals surface area contributed by atoms with Gasteiger partial charge >= 0.3 is 0 Å². The van der Waals surface area contributed by atoms with Crippen LogP contribution in [0.15, 0.2) is 0 Å². The van der Waals surface area contributed by atoms with Gasteiger partial charge in [0.1, 0.15) is 0 Å². The molecule has 1 aromatic rings. The van der Waals surface area contributed by atoms with E-state index in [1.807, 2.05) is 0 Å². The molecular weight excluding hydrogens is 178 g/mol. The van der Waals surface area contributed by atoms with E-state index in [1.165, 1.54) is 24.1 Å². The van der Waals surface area contributed by atoms with Crippen LogP contribution in [-0.2, 0) is 12.8 Å². The molecule has 4 heteroatoms. The summed E-state index contributed by atoms with van der Waals surface area (Å²) in [4.78, 5) is 0. The molecule has 0 spiro atoms. The van der Waals surface area contributed by atoms with E-state index in [-0.39, 0.29) is 0 Å². The molecule has 2 rings (SSSR count). The molecule has 0 saturated heterocycles. The summed E-state index contributed by atoms with van der Waals surface area (Å²) in [5.41, 5.74) is 8.68. The highest BCUT2D eigenvalue weighted by atomic mass is 16.3. The number of aliphatic hydroxyl groups is 1. The van der Waals surface area contributed by atoms with E-state index in [9.17, 15) is 5.11 Å². The number of fused-ring (bicyclic) bond motifs is 1. The molecule has 1 unspecified atom stereocenters. The summed E-state index contributed by atoms with van der Waals surface area (Å²) in [6, 6.07) is 0. The third-order valence-electron chi connectivity index (χ3n) is 2.84. The van der Waals surface area contributed by atoms with Crippen molar-refractivity contribution in [2.45, 2.75) is 38.2 Å². The van der Waals surface area contributed by atoms with Gasteiger partial charge in [0, 0.05) is 5.69 Å². The molecule has 1 atom stereocenters. The molecule has 1 aliphatic carbocycles. The Kier molecular flexibility index (Phi) is 2.84. The minimum Gasteiger partial charge on any atom is -0.387 e. The Morgan fingerprint density at radius 2 is 2.21 bits per heavy atom. The zero-order chi connectivity index (χ0) is 9.97. The topological polar surface area (TPSA) is 74.9 Å². The van der Waals surface area contributed by atoms with Gasteiger partial charge in [-0.2, -0.15) is 5.10 Å². The molecule has 0 radical (unpaired) electrons. The van der Waals surface area contributed by atoms with Gasteiger partial charge in [0.25, 0.3) is 0 Å². The number of aryl methyl sites for hydroxylation is 1. The summed E-state index contributed by atoms with van der Waals surface area (Å²) in [6.07, 6.45) is 4.65. The number of nitrogens with one attached hydrogen (secondary N) is 1. The van der Waals surface area contributed by atoms with Crippen LogP contribution in [0.5, 0.6) is 0 Å². The predicted molar refractivity (Wildman–Crippen MR) is 53.9 cm³/mol. The number of H-pyrrole nitrogens is 1. The number of hydrogen-bond acceptors (Lipinski definition) is 3. The van der Waals surface area contributed by atoms with Crippen LogP contribution in [0.2, 0.25) is 0 Å². The van der Waals surface area contributed by atoms with E-state index in [0.29, 0.717) is 13.0 Å². The first-order chi connectivity index (χ1) is 6.83. The summed E-state index contributed by atoms with van der Waals surface area (Å²) in [5.74, 6) is 0. The van der Waals surface area contributed by atoms with Gasteiger partial charge in [0.15, 0.2) is 0 Å². The van der Waals surface area contributed by atoms with Crippen molar-refractivity contribution in [2.75, 3.05) is 6.54 Å². The van der Waals surface area contributed by atoms with Crippen molar-refractivity contribution in [1.82, 2.24) is 10.2 Å². The number of aliphatic hydroxyl groups excluding tert-OH is 1. The SMILES string of the molecule is NCCC(O)c1n[nH]c2c1CCCC2. The van der Waals surface area contributed by atoms with E-state index in [1.54, 1.807) is 0 Å². The van der Waals surface area contributed by atoms with Crippen molar-refractivity contribution < 1.29 is 5.11 Å². The molecule has 1 aromatic heterocycles. The summed E-state index contributed by atoms with van der Waals surface area (Å²) in [7, 11) is 0. The Morgan fingerprint density at radius 1 is 1.43 bits per heavy atom. The molecule has 1 aliphatic rings. The molecule has 4 nitrogen and oxygen atoms in total. The monoisotopic (exact) mass is 195 g/mol. The molecule has 1 heterocycles. The van der Waals surface area contributed by atoms with Gasteiger partial charge in [0.2, 0.25) is 0 Å². The van der Waals surface area contributed by atoms with Gasteiger partial charge in [-0.15, -0.1) is 0 Å². The Bertz CT molecular complexity index is 308. The molecule has 0 bridgehead atoms. The molecule has 4 N–H and O–H groups in total. The summed E-state index contributed by atoms with van der Waals surface area (Å²) >= 11 is 0. The molecule has 0 saturated carbocycles. The number of nitrogens with zero attached hydrogens (tertiary/aromatic N) is 1. The molecular formula is C10H17N3O. The average Bonchev–Trinajstić information content (AvgIpc) is 2.61. The third-order valence-corrected chi connectivity index (χ3v) is 2.84. The first-order valence-corrected chi connectivity index (χ1v) is 5.27. The fourth-order valence-electron chi connectivity index (χ4n) is 2.08. The Hall–Kier alpha value is -0.870. The fraction of sp³-hybridized carbons (Fsp3) is 0.700. The third kappa shape index (κ3) is 1.67. The number of nitrogens with two attached hydrogens (primary N) is 1. The second-order valence-corrected chi connectivity index (χ2v) is 3.87. The highest BCUT2D eigenvalue weighted by Crippen LogP contribution is 2.26. The Labute approximate surface area is 83.5 Å². The zero-order valence-electron chi connectivity index (χ0n) is 8.29. The summed E-state index contributed by atoms with van der Waals surface area (Å²) in [5, 5.41) is 17.0. The summed E-state index contributed by atoms with van der Waals surface area (Å²) < 4.78 is 0. The lowest BCUT2D eigenvalue weighted by atomic mass is 9.94. The second kappa shape index (κ2) is 4.11. The lowest BCUT2D eigenvalue weighted by Gasteiger charge is -2.13. The van der Waals surface area contributed by atoms with Crippen molar-refractivity contribution in [1.29, 1.82) is 0 Å². The number of hydrogen-bond donors (Lipinski definition) is 3. The summed E-state index contributed by atoms with van der Waals surface area (Å²) in [6.45, 7) is 0.503. The van der Waals surface area contributed by atoms with Crippen LogP contribution >= 0.6 is 0 Å². The van der Waals surface area contributed by atoms with Crippen molar-refractivity contribution in [3.63, 3.8) is 0 Å². The van der Waals surface area contributed by atoms with Crippen LogP contribution in [0.1, 0.15) is 42.3 Å². The number of aromatic amines is 1. The first kappa shape index (κ1) is 9.68. The number of rotatable bonds is 3. The maximum atomic E-state index is 9.80. The Balaban J connectivity index is 2.21. The number of aromatic nitrogens is 2. The van der Waals surface area contributed by atoms with Crippen molar-refractivity contribution in [3.05, 3.63) is 17.0 Å². The van der Waals surface area contributed by atoms with Gasteiger partial charge in [-0.05, 0) is 44.2 Å². The zero-order valence-corrected chi connectivity index (χ0v) is 8.29. The molecule has 0 amide bonds. The van der Waals surface area contributed by atoms with Gasteiger partial charge in [-0.25, -0.2) is 0 Å². The highest BCUT2D eigenvalue weighted by molar-refractivity contribution is 5.29. The predicted octanol–water partition coefficient (Wildman–Crippen LogP) is 0.671. The lowest BCUT2D eigenvalue weighted by Crippen LogP contribution is -2.10. The fourth-order valence-corrected chi connectivity index (χ4v) is 2.08. The molecule has 0 aromatic carbocycles. The average molecular weight is 195 g/mol. The molecule has 0 aliphatic heterocycles. The van der Waals surface area contributed by atoms with E-state index in [4.69, 9.17) is 5.73 Å². The van der Waals surface area contributed by atoms with Crippen LogP contribution < -0.4 is 5.73 Å². The highest BCUT2D eigenvalue weighted by Gasteiger charge is 2.21. The molecule has 78 valence electrons.